The zero-order chi connectivity index (χ0) is 23.5. The van der Waals surface area contributed by atoms with Crippen LogP contribution in [0.1, 0.15) is 0 Å². The fourth-order valence-corrected chi connectivity index (χ4v) is 4.20. The van der Waals surface area contributed by atoms with Crippen LogP contribution in [0, 0.1) is 12.4 Å². The van der Waals surface area contributed by atoms with Crippen LogP contribution >= 0.6 is 0 Å². The Morgan fingerprint density at radius 3 is 2.58 bits per heavy atom. The van der Waals surface area contributed by atoms with Crippen LogP contribution in [0.2, 0.25) is 0 Å². The van der Waals surface area contributed by atoms with E-state index >= 15 is 0 Å². The maximum Gasteiger partial charge on any atom is 0.190 e. The molecular weight excluding hydrogens is 425 g/mol. The number of rotatable bonds is 9. The average Bonchev–Trinajstić information content (AvgIpc) is 3.37. The van der Waals surface area contributed by atoms with Gasteiger partial charge in [-0.3, -0.25) is 4.90 Å². The number of fused-ring (bicyclic) bond motifs is 3. The predicted octanol–water partition coefficient (Wildman–Crippen LogP) is 2.61. The van der Waals surface area contributed by atoms with Crippen molar-refractivity contribution in [3.05, 3.63) is 47.8 Å². The van der Waals surface area contributed by atoms with Gasteiger partial charge < -0.3 is 24.7 Å². The zero-order valence-electron chi connectivity index (χ0n) is 18.6. The van der Waals surface area contributed by atoms with Crippen LogP contribution in [-0.2, 0) is 13.6 Å². The number of anilines is 1. The molecule has 3 heterocycles. The number of hydrogen-bond donors (Lipinski definition) is 3. The number of halogens is 1. The van der Waals surface area contributed by atoms with Gasteiger partial charge in [-0.1, -0.05) is 0 Å². The number of hydrogen-bond acceptors (Lipinski definition) is 6. The van der Waals surface area contributed by atoms with E-state index in [4.69, 9.17) is 11.6 Å². The molecular formula is C23H26FN7O2. The number of nitrogens with one attached hydrogen (secondary N) is 1. The highest BCUT2D eigenvalue weighted by Crippen LogP contribution is 2.35. The summed E-state index contributed by atoms with van der Waals surface area (Å²) in [6, 6.07) is 6.25. The summed E-state index contributed by atoms with van der Waals surface area (Å²) in [5.41, 5.74) is 3.86. The van der Waals surface area contributed by atoms with Crippen LogP contribution in [0.15, 0.2) is 30.6 Å². The van der Waals surface area contributed by atoms with Crippen molar-refractivity contribution < 1.29 is 14.6 Å². The molecule has 0 fully saturated rings. The van der Waals surface area contributed by atoms with Gasteiger partial charge in [-0.15, -0.1) is 0 Å². The quantitative estimate of drug-likeness (QED) is 0.339. The summed E-state index contributed by atoms with van der Waals surface area (Å²) in [5, 5.41) is 22.7. The predicted molar refractivity (Wildman–Crippen MR) is 126 cm³/mol. The Morgan fingerprint density at radius 1 is 1.15 bits per heavy atom. The van der Waals surface area contributed by atoms with E-state index in [1.165, 1.54) is 12.1 Å². The monoisotopic (exact) mass is 451 g/mol. The van der Waals surface area contributed by atoms with Gasteiger partial charge in [0.1, 0.15) is 17.0 Å². The summed E-state index contributed by atoms with van der Waals surface area (Å²) in [4.78, 5) is 14.7. The Bertz CT molecular complexity index is 1330. The number of benzene rings is 1. The van der Waals surface area contributed by atoms with E-state index in [0.29, 0.717) is 43.2 Å². The first kappa shape index (κ1) is 22.7. The van der Waals surface area contributed by atoms with Crippen molar-refractivity contribution in [3.63, 3.8) is 0 Å². The number of imidazole rings is 1. The Labute approximate surface area is 190 Å². The van der Waals surface area contributed by atoms with Gasteiger partial charge in [0.2, 0.25) is 0 Å². The Morgan fingerprint density at radius 2 is 1.91 bits per heavy atom. The molecule has 0 aliphatic carbocycles. The summed E-state index contributed by atoms with van der Waals surface area (Å²) in [6.07, 6.45) is 1.73. The van der Waals surface area contributed by atoms with Crippen LogP contribution in [0.5, 0.6) is 0 Å². The zero-order valence-corrected chi connectivity index (χ0v) is 18.6. The molecule has 9 nitrogen and oxygen atoms in total. The molecule has 172 valence electrons. The lowest BCUT2D eigenvalue weighted by molar-refractivity contribution is 0.158. The van der Waals surface area contributed by atoms with E-state index < -0.39 is 5.82 Å². The smallest absolute Gasteiger partial charge is 0.190 e. The first-order valence-corrected chi connectivity index (χ1v) is 10.6. The number of aryl methyl sites for hydroxylation is 1. The van der Waals surface area contributed by atoms with E-state index in [2.05, 4.69) is 15.1 Å². The molecule has 0 aliphatic rings. The number of aliphatic hydroxyl groups excluding tert-OH is 2. The third-order valence-corrected chi connectivity index (χ3v) is 5.72. The van der Waals surface area contributed by atoms with Crippen LogP contribution in [0.25, 0.3) is 38.2 Å². The van der Waals surface area contributed by atoms with Crippen LogP contribution in [0.4, 0.5) is 15.9 Å². The largest absolute Gasteiger partial charge is 0.395 e. The van der Waals surface area contributed by atoms with Gasteiger partial charge in [-0.05, 0) is 29.8 Å². The van der Waals surface area contributed by atoms with Crippen molar-refractivity contribution in [2.24, 2.45) is 7.05 Å². The number of nitrogens with zero attached hydrogens (tertiary/aromatic N) is 6. The molecule has 4 rings (SSSR count). The molecule has 10 heteroatoms. The normalized spacial score (nSPS) is 11.5. The van der Waals surface area contributed by atoms with E-state index in [9.17, 15) is 14.6 Å². The lowest BCUT2D eigenvalue weighted by atomic mass is 10.1. The molecule has 3 aromatic heterocycles. The molecule has 0 radical (unpaired) electrons. The van der Waals surface area contributed by atoms with Crippen molar-refractivity contribution in [2.75, 3.05) is 45.2 Å². The first-order chi connectivity index (χ1) is 16.0. The highest BCUT2D eigenvalue weighted by molar-refractivity contribution is 6.07. The first-order valence-electron chi connectivity index (χ1n) is 10.6. The average molecular weight is 452 g/mol. The Kier molecular flexibility index (Phi) is 6.55. The highest BCUT2D eigenvalue weighted by atomic mass is 19.1. The van der Waals surface area contributed by atoms with Crippen LogP contribution < -0.4 is 5.32 Å². The standard InChI is InChI=1S/C23H26FN7O2/c1-25-17-11-15(10-16(24)12-17)19-13-18-21-20(27-14-29(21)3)22(26-2)28-23(18)31(19)5-4-30(6-8-32)7-9-33/h10-14,32-33H,4-9H2,2-3H3,(H,26,28). The molecule has 33 heavy (non-hydrogen) atoms. The third kappa shape index (κ3) is 4.26. The fourth-order valence-electron chi connectivity index (χ4n) is 4.20. The molecule has 0 spiro atoms. The summed E-state index contributed by atoms with van der Waals surface area (Å²) < 4.78 is 18.3. The fraction of sp³-hybridized carbons (Fsp3) is 0.348. The van der Waals surface area contributed by atoms with Crippen molar-refractivity contribution in [3.8, 4) is 11.3 Å². The Balaban J connectivity index is 1.94. The molecule has 0 atom stereocenters. The summed E-state index contributed by atoms with van der Waals surface area (Å²) in [7, 11) is 3.70. The van der Waals surface area contributed by atoms with Crippen LogP contribution in [0.3, 0.4) is 0 Å². The molecule has 1 aromatic carbocycles. The van der Waals surface area contributed by atoms with E-state index in [1.807, 2.05) is 27.1 Å². The summed E-state index contributed by atoms with van der Waals surface area (Å²) in [6.45, 7) is 9.18. The Hall–Kier alpha value is -3.52. The minimum absolute atomic E-state index is 0.0185. The van der Waals surface area contributed by atoms with Gasteiger partial charge in [0.15, 0.2) is 11.5 Å². The number of aliphatic hydroxyl groups is 2. The van der Waals surface area contributed by atoms with Gasteiger partial charge >= 0.3 is 0 Å². The number of pyridine rings is 1. The van der Waals surface area contributed by atoms with E-state index in [1.54, 1.807) is 19.4 Å². The molecule has 0 bridgehead atoms. The van der Waals surface area contributed by atoms with Crippen molar-refractivity contribution in [2.45, 2.75) is 6.54 Å². The van der Waals surface area contributed by atoms with Gasteiger partial charge in [0.05, 0.1) is 31.6 Å². The SMILES string of the molecule is [C-]#[N+]c1cc(F)cc(-c2cc3c4c(ncn4C)c(NC)nc3n2CCN(CCO)CCO)c1. The van der Waals surface area contributed by atoms with Crippen LogP contribution in [-0.4, -0.2) is 74.1 Å². The maximum absolute atomic E-state index is 14.3. The summed E-state index contributed by atoms with van der Waals surface area (Å²) in [5.74, 6) is 0.153. The third-order valence-electron chi connectivity index (χ3n) is 5.72. The van der Waals surface area contributed by atoms with E-state index in [0.717, 1.165) is 22.1 Å². The van der Waals surface area contributed by atoms with E-state index in [-0.39, 0.29) is 18.9 Å². The molecule has 0 aliphatic heterocycles. The topological polar surface area (TPSA) is 95.7 Å². The second-order valence-corrected chi connectivity index (χ2v) is 7.78. The van der Waals surface area contributed by atoms with Crippen molar-refractivity contribution in [1.82, 2.24) is 24.0 Å². The second-order valence-electron chi connectivity index (χ2n) is 7.78. The lowest BCUT2D eigenvalue weighted by Crippen LogP contribution is -2.33. The number of aromatic nitrogens is 4. The minimum Gasteiger partial charge on any atom is -0.395 e. The van der Waals surface area contributed by atoms with Gasteiger partial charge in [0.25, 0.3) is 0 Å². The van der Waals surface area contributed by atoms with Gasteiger partial charge in [0, 0.05) is 51.4 Å². The minimum atomic E-state index is -0.480. The molecule has 3 N–H and O–H groups in total. The molecule has 0 saturated heterocycles. The maximum atomic E-state index is 14.3. The second kappa shape index (κ2) is 9.54. The molecule has 0 unspecified atom stereocenters. The molecule has 4 aromatic rings. The van der Waals surface area contributed by atoms with Crippen molar-refractivity contribution >= 4 is 33.6 Å². The molecule has 0 amide bonds. The lowest BCUT2D eigenvalue weighted by Gasteiger charge is -2.21. The summed E-state index contributed by atoms with van der Waals surface area (Å²) >= 11 is 0. The van der Waals surface area contributed by atoms with Crippen molar-refractivity contribution in [1.29, 1.82) is 0 Å². The van der Waals surface area contributed by atoms with Gasteiger partial charge in [-0.25, -0.2) is 19.2 Å². The molecule has 0 saturated carbocycles. The van der Waals surface area contributed by atoms with Gasteiger partial charge in [-0.2, -0.15) is 0 Å². The highest BCUT2D eigenvalue weighted by Gasteiger charge is 2.20.